The standard InChI is InChI=1S/C16H27NO12.Na/c1-25-12-9(21)10(22)16(29-13(12)14(23)24)28-11-7(17-3-4-18)15(26-2)27-6(5-19)8(11)20;/h4,6-13,15-17,19-22H,3,5H2,1-2H3,(H,23,24);/q;+1/p-1. The van der Waals surface area contributed by atoms with E-state index in [1.165, 1.54) is 7.11 Å². The summed E-state index contributed by atoms with van der Waals surface area (Å²) in [5.41, 5.74) is 0. The third-order valence-corrected chi connectivity index (χ3v) is 4.86. The van der Waals surface area contributed by atoms with E-state index in [0.29, 0.717) is 6.29 Å². The van der Waals surface area contributed by atoms with Crippen LogP contribution >= 0.6 is 0 Å². The van der Waals surface area contributed by atoms with Crippen molar-refractivity contribution in [1.29, 1.82) is 0 Å². The minimum atomic E-state index is -1.77. The molecule has 2 heterocycles. The predicted molar refractivity (Wildman–Crippen MR) is 88.0 cm³/mol. The van der Waals surface area contributed by atoms with Gasteiger partial charge in [0.1, 0.15) is 49.0 Å². The third kappa shape index (κ3) is 5.95. The van der Waals surface area contributed by atoms with Crippen molar-refractivity contribution in [2.45, 2.75) is 61.3 Å². The zero-order valence-electron chi connectivity index (χ0n) is 16.8. The molecule has 2 aliphatic heterocycles. The molecule has 10 unspecified atom stereocenters. The van der Waals surface area contributed by atoms with Crippen LogP contribution in [0.3, 0.4) is 0 Å². The zero-order chi connectivity index (χ0) is 21.7. The van der Waals surface area contributed by atoms with Gasteiger partial charge in [-0.15, -0.1) is 0 Å². The summed E-state index contributed by atoms with van der Waals surface area (Å²) in [5.74, 6) is -1.71. The van der Waals surface area contributed by atoms with Gasteiger partial charge in [0.05, 0.1) is 25.2 Å². The number of rotatable bonds is 9. The van der Waals surface area contributed by atoms with Gasteiger partial charge in [0.25, 0.3) is 0 Å². The Morgan fingerprint density at radius 3 is 2.23 bits per heavy atom. The average molecular weight is 447 g/mol. The predicted octanol–water partition coefficient (Wildman–Crippen LogP) is -8.53. The van der Waals surface area contributed by atoms with Gasteiger partial charge < -0.3 is 64.1 Å². The summed E-state index contributed by atoms with van der Waals surface area (Å²) in [5, 5.41) is 54.5. The van der Waals surface area contributed by atoms with Crippen LogP contribution in [0.25, 0.3) is 0 Å². The van der Waals surface area contributed by atoms with Gasteiger partial charge in [-0.05, 0) is 0 Å². The SMILES string of the molecule is COC1OC(CO)C(O)C(OC2OC(C(=O)[O-])C(OC)C(O)C2O)C1NCC=O.[Na+]. The maximum Gasteiger partial charge on any atom is 1.00 e. The van der Waals surface area contributed by atoms with Crippen molar-refractivity contribution in [3.05, 3.63) is 0 Å². The van der Waals surface area contributed by atoms with Gasteiger partial charge in [-0.25, -0.2) is 0 Å². The van der Waals surface area contributed by atoms with Crippen molar-refractivity contribution < 1.29 is 88.4 Å². The fourth-order valence-corrected chi connectivity index (χ4v) is 3.39. The van der Waals surface area contributed by atoms with Gasteiger partial charge in [0, 0.05) is 14.2 Å². The molecule has 2 rings (SSSR count). The van der Waals surface area contributed by atoms with Crippen LogP contribution in [0, 0.1) is 0 Å². The summed E-state index contributed by atoms with van der Waals surface area (Å²) in [7, 11) is 2.41. The summed E-state index contributed by atoms with van der Waals surface area (Å²) in [6, 6.07) is -0.975. The molecule has 0 bridgehead atoms. The third-order valence-electron chi connectivity index (χ3n) is 4.86. The average Bonchev–Trinajstić information content (AvgIpc) is 2.71. The van der Waals surface area contributed by atoms with Gasteiger partial charge in [0.15, 0.2) is 12.6 Å². The molecule has 0 aliphatic carbocycles. The molecule has 30 heavy (non-hydrogen) atoms. The second-order valence-electron chi connectivity index (χ2n) is 6.58. The van der Waals surface area contributed by atoms with Crippen LogP contribution in [-0.4, -0.2) is 121 Å². The Balaban J connectivity index is 0.00000450. The maximum absolute atomic E-state index is 11.3. The number of hydrogen-bond acceptors (Lipinski definition) is 13. The molecule has 10 atom stereocenters. The minimum Gasteiger partial charge on any atom is -0.547 e. The molecular weight excluding hydrogens is 421 g/mol. The number of nitrogens with one attached hydrogen (secondary N) is 1. The number of aliphatic hydroxyl groups is 4. The first-order chi connectivity index (χ1) is 13.8. The van der Waals surface area contributed by atoms with E-state index in [1.807, 2.05) is 0 Å². The number of carbonyl (C=O) groups is 2. The molecular formula is C16H26NNaO12. The Kier molecular flexibility index (Phi) is 11.8. The molecule has 0 radical (unpaired) electrons. The quantitative estimate of drug-likeness (QED) is 0.165. The fraction of sp³-hybridized carbons (Fsp3) is 0.875. The van der Waals surface area contributed by atoms with Crippen molar-refractivity contribution in [1.82, 2.24) is 5.32 Å². The molecule has 0 aromatic heterocycles. The van der Waals surface area contributed by atoms with Crippen LogP contribution in [0.15, 0.2) is 0 Å². The molecule has 168 valence electrons. The van der Waals surface area contributed by atoms with E-state index in [1.54, 1.807) is 0 Å². The molecule has 2 saturated heterocycles. The van der Waals surface area contributed by atoms with E-state index in [4.69, 9.17) is 23.7 Å². The minimum absolute atomic E-state index is 0. The van der Waals surface area contributed by atoms with Crippen LogP contribution in [0.4, 0.5) is 0 Å². The van der Waals surface area contributed by atoms with Gasteiger partial charge in [-0.1, -0.05) is 0 Å². The molecule has 2 fully saturated rings. The summed E-state index contributed by atoms with van der Waals surface area (Å²) in [6.07, 6.45) is -12.8. The monoisotopic (exact) mass is 447 g/mol. The van der Waals surface area contributed by atoms with Crippen molar-refractivity contribution >= 4 is 12.3 Å². The summed E-state index contributed by atoms with van der Waals surface area (Å²) < 4.78 is 26.2. The van der Waals surface area contributed by atoms with E-state index < -0.39 is 73.9 Å². The number of hydrogen-bond donors (Lipinski definition) is 5. The number of aldehydes is 1. The molecule has 0 spiro atoms. The number of carboxylic acid groups (broad SMARTS) is 1. The van der Waals surface area contributed by atoms with Crippen LogP contribution in [0.1, 0.15) is 0 Å². The van der Waals surface area contributed by atoms with Crippen LogP contribution in [-0.2, 0) is 33.3 Å². The van der Waals surface area contributed by atoms with E-state index in [0.717, 1.165) is 7.11 Å². The topological polar surface area (TPSA) is 196 Å². The fourth-order valence-electron chi connectivity index (χ4n) is 3.39. The number of aliphatic carboxylic acids is 1. The van der Waals surface area contributed by atoms with E-state index in [9.17, 15) is 35.1 Å². The Labute approximate surface area is 194 Å². The van der Waals surface area contributed by atoms with Gasteiger partial charge in [-0.2, -0.15) is 0 Å². The Morgan fingerprint density at radius 1 is 1.07 bits per heavy atom. The Bertz CT molecular complexity index is 556. The number of aliphatic hydroxyl groups excluding tert-OH is 4. The molecule has 13 nitrogen and oxygen atoms in total. The number of ether oxygens (including phenoxy) is 5. The van der Waals surface area contributed by atoms with Gasteiger partial charge in [-0.3, -0.25) is 0 Å². The number of carboxylic acids is 1. The smallest absolute Gasteiger partial charge is 0.547 e. The second kappa shape index (κ2) is 12.7. The molecule has 0 amide bonds. The molecule has 0 aromatic carbocycles. The maximum atomic E-state index is 11.3. The Hall–Kier alpha value is -0.260. The number of methoxy groups -OCH3 is 2. The van der Waals surface area contributed by atoms with Crippen molar-refractivity contribution in [2.24, 2.45) is 0 Å². The van der Waals surface area contributed by atoms with Crippen LogP contribution in [0.2, 0.25) is 0 Å². The van der Waals surface area contributed by atoms with Crippen molar-refractivity contribution in [3.8, 4) is 0 Å². The Morgan fingerprint density at radius 2 is 1.73 bits per heavy atom. The van der Waals surface area contributed by atoms with Gasteiger partial charge in [0.2, 0.25) is 0 Å². The normalized spacial score (nSPS) is 41.7. The zero-order valence-corrected chi connectivity index (χ0v) is 18.8. The van der Waals surface area contributed by atoms with Crippen molar-refractivity contribution in [2.75, 3.05) is 27.4 Å². The van der Waals surface area contributed by atoms with E-state index in [-0.39, 0.29) is 36.1 Å². The summed E-state index contributed by atoms with van der Waals surface area (Å²) in [6.45, 7) is -0.778. The first-order valence-electron chi connectivity index (χ1n) is 8.85. The van der Waals surface area contributed by atoms with E-state index in [2.05, 4.69) is 5.32 Å². The van der Waals surface area contributed by atoms with Crippen molar-refractivity contribution in [3.63, 3.8) is 0 Å². The van der Waals surface area contributed by atoms with Crippen LogP contribution in [0.5, 0.6) is 0 Å². The number of carbonyl (C=O) groups excluding carboxylic acids is 2. The summed E-state index contributed by atoms with van der Waals surface area (Å²) in [4.78, 5) is 22.1. The molecule has 2 aliphatic rings. The van der Waals surface area contributed by atoms with E-state index >= 15 is 0 Å². The summed E-state index contributed by atoms with van der Waals surface area (Å²) >= 11 is 0. The largest absolute Gasteiger partial charge is 1.00 e. The molecule has 0 saturated carbocycles. The first-order valence-corrected chi connectivity index (χ1v) is 8.85. The van der Waals surface area contributed by atoms with Crippen LogP contribution < -0.4 is 40.0 Å². The molecule has 5 N–H and O–H groups in total. The molecule has 0 aromatic rings. The first kappa shape index (κ1) is 27.8. The second-order valence-corrected chi connectivity index (χ2v) is 6.58. The molecule has 14 heteroatoms. The van der Waals surface area contributed by atoms with Gasteiger partial charge >= 0.3 is 29.6 Å².